The Bertz CT molecular complexity index is 886. The van der Waals surface area contributed by atoms with Gasteiger partial charge in [-0.3, -0.25) is 9.52 Å². The van der Waals surface area contributed by atoms with E-state index in [4.69, 9.17) is 0 Å². The smallest absolute Gasteiger partial charge is 0.230 e. The van der Waals surface area contributed by atoms with Crippen LogP contribution in [-0.4, -0.2) is 26.3 Å². The molecule has 27 heavy (non-hydrogen) atoms. The molecule has 2 N–H and O–H groups in total. The topological polar surface area (TPSA) is 75.3 Å². The van der Waals surface area contributed by atoms with Gasteiger partial charge in [0.2, 0.25) is 15.9 Å². The number of anilines is 1. The predicted octanol–water partition coefficient (Wildman–Crippen LogP) is 3.76. The van der Waals surface area contributed by atoms with Gasteiger partial charge in [-0.05, 0) is 34.7 Å². The van der Waals surface area contributed by atoms with Crippen molar-refractivity contribution in [2.45, 2.75) is 37.6 Å². The number of nitrogens with one attached hydrogen (secondary N) is 2. The maximum Gasteiger partial charge on any atom is 0.230 e. The Morgan fingerprint density at radius 3 is 2.26 bits per heavy atom. The number of carbonyl (C=O) groups excluding carboxylic acids is 1. The lowest BCUT2D eigenvalue weighted by Crippen LogP contribution is -2.25. The summed E-state index contributed by atoms with van der Waals surface area (Å²) in [4.78, 5) is 13.2. The Hall–Kier alpha value is -1.99. The summed E-state index contributed by atoms with van der Waals surface area (Å²) in [5.74, 6) is 0.199. The molecule has 0 aliphatic heterocycles. The molecule has 1 amide bonds. The standard InChI is InChI=1S/C20H26N2O3S2/c1-20(2,3)16-9-11-17(12-10-16)26-14-19(23)21-13-15-7-5-6-8-18(15)22-27(4,24)25/h5-12,22H,13-14H2,1-4H3,(H,21,23). The molecule has 5 nitrogen and oxygen atoms in total. The molecular weight excluding hydrogens is 380 g/mol. The second-order valence-electron chi connectivity index (χ2n) is 7.37. The lowest BCUT2D eigenvalue weighted by molar-refractivity contribution is -0.118. The third-order valence-corrected chi connectivity index (χ3v) is 5.48. The molecule has 0 aliphatic rings. The van der Waals surface area contributed by atoms with Crippen LogP contribution in [0.1, 0.15) is 31.9 Å². The van der Waals surface area contributed by atoms with Crippen LogP contribution in [0.25, 0.3) is 0 Å². The van der Waals surface area contributed by atoms with Gasteiger partial charge in [0.15, 0.2) is 0 Å². The Balaban J connectivity index is 1.88. The van der Waals surface area contributed by atoms with Crippen LogP contribution in [0.4, 0.5) is 5.69 Å². The Morgan fingerprint density at radius 1 is 1.04 bits per heavy atom. The van der Waals surface area contributed by atoms with Crippen LogP contribution in [0, 0.1) is 0 Å². The highest BCUT2D eigenvalue weighted by molar-refractivity contribution is 8.00. The van der Waals surface area contributed by atoms with Gasteiger partial charge >= 0.3 is 0 Å². The van der Waals surface area contributed by atoms with Gasteiger partial charge in [-0.25, -0.2) is 8.42 Å². The summed E-state index contributed by atoms with van der Waals surface area (Å²) in [7, 11) is -3.37. The quantitative estimate of drug-likeness (QED) is 0.687. The van der Waals surface area contributed by atoms with Crippen molar-refractivity contribution in [2.24, 2.45) is 0 Å². The highest BCUT2D eigenvalue weighted by Crippen LogP contribution is 2.25. The van der Waals surface area contributed by atoms with Gasteiger partial charge in [0, 0.05) is 11.4 Å². The van der Waals surface area contributed by atoms with Crippen molar-refractivity contribution >= 4 is 33.4 Å². The van der Waals surface area contributed by atoms with Crippen molar-refractivity contribution < 1.29 is 13.2 Å². The minimum Gasteiger partial charge on any atom is -0.351 e. The van der Waals surface area contributed by atoms with E-state index < -0.39 is 10.0 Å². The zero-order valence-electron chi connectivity index (χ0n) is 16.1. The number of thioether (sulfide) groups is 1. The molecule has 0 aliphatic carbocycles. The van der Waals surface area contributed by atoms with Crippen LogP contribution in [0.15, 0.2) is 53.4 Å². The van der Waals surface area contributed by atoms with Gasteiger partial charge in [-0.2, -0.15) is 0 Å². The molecule has 2 aromatic carbocycles. The van der Waals surface area contributed by atoms with Gasteiger partial charge < -0.3 is 5.32 Å². The molecule has 0 bridgehead atoms. The first-order chi connectivity index (χ1) is 12.5. The normalized spacial score (nSPS) is 11.9. The number of amides is 1. The third kappa shape index (κ3) is 7.27. The van der Waals surface area contributed by atoms with Crippen LogP contribution in [0.2, 0.25) is 0 Å². The fourth-order valence-corrected chi connectivity index (χ4v) is 3.75. The highest BCUT2D eigenvalue weighted by atomic mass is 32.2. The monoisotopic (exact) mass is 406 g/mol. The zero-order chi connectivity index (χ0) is 20.1. The summed E-state index contributed by atoms with van der Waals surface area (Å²) in [5.41, 5.74) is 2.56. The third-order valence-electron chi connectivity index (χ3n) is 3.88. The van der Waals surface area contributed by atoms with Gasteiger partial charge in [-0.1, -0.05) is 51.1 Å². The largest absolute Gasteiger partial charge is 0.351 e. The number of carbonyl (C=O) groups is 1. The second-order valence-corrected chi connectivity index (χ2v) is 10.2. The molecule has 146 valence electrons. The maximum absolute atomic E-state index is 12.1. The van der Waals surface area contributed by atoms with E-state index in [-0.39, 0.29) is 17.9 Å². The molecular formula is C20H26N2O3S2. The lowest BCUT2D eigenvalue weighted by atomic mass is 9.87. The summed E-state index contributed by atoms with van der Waals surface area (Å²) >= 11 is 1.47. The van der Waals surface area contributed by atoms with Crippen molar-refractivity contribution in [3.8, 4) is 0 Å². The lowest BCUT2D eigenvalue weighted by Gasteiger charge is -2.19. The van der Waals surface area contributed by atoms with Crippen LogP contribution in [-0.2, 0) is 26.8 Å². The Morgan fingerprint density at radius 2 is 1.67 bits per heavy atom. The van der Waals surface area contributed by atoms with Gasteiger partial charge in [-0.15, -0.1) is 11.8 Å². The van der Waals surface area contributed by atoms with Crippen molar-refractivity contribution in [3.05, 3.63) is 59.7 Å². The van der Waals surface area contributed by atoms with Crippen molar-refractivity contribution in [3.63, 3.8) is 0 Å². The van der Waals surface area contributed by atoms with E-state index in [0.717, 1.165) is 16.7 Å². The van der Waals surface area contributed by atoms with Crippen LogP contribution in [0.3, 0.4) is 0 Å². The SMILES string of the molecule is CC(C)(C)c1ccc(SCC(=O)NCc2ccccc2NS(C)(=O)=O)cc1. The highest BCUT2D eigenvalue weighted by Gasteiger charge is 2.13. The van der Waals surface area contributed by atoms with Crippen LogP contribution in [0.5, 0.6) is 0 Å². The number of hydrogen-bond donors (Lipinski definition) is 2. The summed E-state index contributed by atoms with van der Waals surface area (Å²) in [5, 5.41) is 2.84. The molecule has 0 heterocycles. The van der Waals surface area contributed by atoms with Crippen molar-refractivity contribution in [1.82, 2.24) is 5.32 Å². The van der Waals surface area contributed by atoms with Crippen LogP contribution < -0.4 is 10.0 Å². The number of rotatable bonds is 7. The average molecular weight is 407 g/mol. The van der Waals surface area contributed by atoms with Crippen LogP contribution >= 0.6 is 11.8 Å². The number of hydrogen-bond acceptors (Lipinski definition) is 4. The summed E-state index contributed by atoms with van der Waals surface area (Å²) in [6.45, 7) is 6.76. The minimum absolute atomic E-state index is 0.103. The molecule has 0 saturated carbocycles. The van der Waals surface area contributed by atoms with Crippen molar-refractivity contribution in [2.75, 3.05) is 16.7 Å². The van der Waals surface area contributed by atoms with E-state index in [1.165, 1.54) is 17.3 Å². The molecule has 0 saturated heterocycles. The molecule has 0 fully saturated rings. The van der Waals surface area contributed by atoms with E-state index in [1.54, 1.807) is 24.3 Å². The summed E-state index contributed by atoms with van der Waals surface area (Å²) in [6.07, 6.45) is 1.10. The van der Waals surface area contributed by atoms with Gasteiger partial charge in [0.25, 0.3) is 0 Å². The molecule has 0 unspecified atom stereocenters. The van der Waals surface area contributed by atoms with E-state index in [9.17, 15) is 13.2 Å². The summed E-state index contributed by atoms with van der Waals surface area (Å²) < 4.78 is 25.3. The van der Waals surface area contributed by atoms with E-state index in [0.29, 0.717) is 11.4 Å². The molecule has 0 atom stereocenters. The number of para-hydroxylation sites is 1. The first-order valence-electron chi connectivity index (χ1n) is 8.60. The fraction of sp³-hybridized carbons (Fsp3) is 0.350. The molecule has 0 radical (unpaired) electrons. The maximum atomic E-state index is 12.1. The van der Waals surface area contributed by atoms with E-state index in [2.05, 4.69) is 42.9 Å². The molecule has 7 heteroatoms. The average Bonchev–Trinajstić information content (AvgIpc) is 2.57. The molecule has 2 rings (SSSR count). The molecule has 0 spiro atoms. The van der Waals surface area contributed by atoms with Crippen molar-refractivity contribution in [1.29, 1.82) is 0 Å². The first-order valence-corrected chi connectivity index (χ1v) is 11.5. The Kier molecular flexibility index (Phi) is 6.95. The van der Waals surface area contributed by atoms with Gasteiger partial charge in [0.1, 0.15) is 0 Å². The second kappa shape index (κ2) is 8.80. The molecule has 2 aromatic rings. The summed E-state index contributed by atoms with van der Waals surface area (Å²) in [6, 6.07) is 15.3. The Labute approximate surface area is 166 Å². The number of sulfonamides is 1. The number of benzene rings is 2. The van der Waals surface area contributed by atoms with E-state index in [1.807, 2.05) is 12.1 Å². The zero-order valence-corrected chi connectivity index (χ0v) is 17.7. The predicted molar refractivity (Wildman–Crippen MR) is 113 cm³/mol. The molecule has 0 aromatic heterocycles. The fourth-order valence-electron chi connectivity index (χ4n) is 2.42. The van der Waals surface area contributed by atoms with E-state index >= 15 is 0 Å². The minimum atomic E-state index is -3.37. The van der Waals surface area contributed by atoms with Gasteiger partial charge in [0.05, 0.1) is 17.7 Å². The first kappa shape index (κ1) is 21.3.